The van der Waals surface area contributed by atoms with Crippen LogP contribution in [0.5, 0.6) is 0 Å². The number of carbonyl (C=O) groups excluding carboxylic acids is 1. The average Bonchev–Trinajstić information content (AvgIpc) is 2.40. The standard InChI is InChI=1S/C21H42N4O/c1-18(2,14-22-15-9-10-23-19(3,4)11-15)17(26)24-16-12-20(5,6)25-21(7,8)13-16/h15-16,22-23,25H,9-14H2,1-8H3,(H,24,26). The molecular weight excluding hydrogens is 324 g/mol. The van der Waals surface area contributed by atoms with E-state index >= 15 is 0 Å². The van der Waals surface area contributed by atoms with Crippen molar-refractivity contribution in [3.05, 3.63) is 0 Å². The van der Waals surface area contributed by atoms with E-state index in [0.29, 0.717) is 6.04 Å². The Morgan fingerprint density at radius 1 is 0.962 bits per heavy atom. The zero-order chi connectivity index (χ0) is 19.8. The van der Waals surface area contributed by atoms with Gasteiger partial charge in [0.05, 0.1) is 5.41 Å². The zero-order valence-corrected chi connectivity index (χ0v) is 18.3. The lowest BCUT2D eigenvalue weighted by Crippen LogP contribution is -2.63. The van der Waals surface area contributed by atoms with E-state index in [1.54, 1.807) is 0 Å². The van der Waals surface area contributed by atoms with Gasteiger partial charge in [-0.05, 0) is 87.6 Å². The molecule has 5 heteroatoms. The molecule has 0 aliphatic carbocycles. The topological polar surface area (TPSA) is 65.2 Å². The normalized spacial score (nSPS) is 28.5. The number of piperidine rings is 2. The van der Waals surface area contributed by atoms with Crippen LogP contribution in [0.25, 0.3) is 0 Å². The van der Waals surface area contributed by atoms with E-state index in [4.69, 9.17) is 0 Å². The van der Waals surface area contributed by atoms with Crippen LogP contribution in [0.1, 0.15) is 81.1 Å². The molecule has 0 bridgehead atoms. The van der Waals surface area contributed by atoms with Crippen molar-refractivity contribution in [3.8, 4) is 0 Å². The Labute approximate surface area is 160 Å². The summed E-state index contributed by atoms with van der Waals surface area (Å²) in [5, 5.41) is 14.2. The molecule has 0 radical (unpaired) electrons. The quantitative estimate of drug-likeness (QED) is 0.604. The third-order valence-corrected chi connectivity index (χ3v) is 5.83. The third-order valence-electron chi connectivity index (χ3n) is 5.83. The Balaban J connectivity index is 1.89. The molecular formula is C21H42N4O. The van der Waals surface area contributed by atoms with Crippen molar-refractivity contribution in [2.24, 2.45) is 5.41 Å². The van der Waals surface area contributed by atoms with E-state index in [1.807, 2.05) is 0 Å². The summed E-state index contributed by atoms with van der Waals surface area (Å²) >= 11 is 0. The van der Waals surface area contributed by atoms with Gasteiger partial charge in [0.1, 0.15) is 0 Å². The number of nitrogens with one attached hydrogen (secondary N) is 4. The summed E-state index contributed by atoms with van der Waals surface area (Å²) in [6, 6.07) is 0.709. The van der Waals surface area contributed by atoms with Gasteiger partial charge in [0.25, 0.3) is 0 Å². The van der Waals surface area contributed by atoms with Crippen LogP contribution in [0.4, 0.5) is 0 Å². The highest BCUT2D eigenvalue weighted by molar-refractivity contribution is 5.82. The Morgan fingerprint density at radius 2 is 1.50 bits per heavy atom. The molecule has 2 heterocycles. The first-order valence-electron chi connectivity index (χ1n) is 10.3. The minimum atomic E-state index is -0.409. The van der Waals surface area contributed by atoms with Gasteiger partial charge in [0.2, 0.25) is 5.91 Å². The van der Waals surface area contributed by atoms with Gasteiger partial charge in [-0.1, -0.05) is 0 Å². The van der Waals surface area contributed by atoms with Crippen molar-refractivity contribution in [2.45, 2.75) is 110 Å². The molecule has 2 fully saturated rings. The second-order valence-corrected chi connectivity index (χ2v) is 11.2. The summed E-state index contributed by atoms with van der Waals surface area (Å²) in [5.41, 5.74) is -0.145. The van der Waals surface area contributed by atoms with Gasteiger partial charge in [-0.25, -0.2) is 0 Å². The van der Waals surface area contributed by atoms with E-state index in [-0.39, 0.29) is 28.6 Å². The van der Waals surface area contributed by atoms with E-state index in [9.17, 15) is 4.79 Å². The predicted molar refractivity (Wildman–Crippen MR) is 109 cm³/mol. The first-order valence-corrected chi connectivity index (χ1v) is 10.3. The number of amides is 1. The first-order chi connectivity index (χ1) is 11.7. The molecule has 0 spiro atoms. The Hall–Kier alpha value is -0.650. The molecule has 2 aliphatic heterocycles. The summed E-state index contributed by atoms with van der Waals surface area (Å²) < 4.78 is 0. The molecule has 0 aromatic carbocycles. The lowest BCUT2D eigenvalue weighted by Gasteiger charge is -2.47. The summed E-state index contributed by atoms with van der Waals surface area (Å²) in [5.74, 6) is 0.164. The second-order valence-electron chi connectivity index (χ2n) is 11.2. The minimum absolute atomic E-state index is 0.0444. The number of hydrogen-bond acceptors (Lipinski definition) is 4. The summed E-state index contributed by atoms with van der Waals surface area (Å²) in [7, 11) is 0. The fraction of sp³-hybridized carbons (Fsp3) is 0.952. The molecule has 1 unspecified atom stereocenters. The highest BCUT2D eigenvalue weighted by Crippen LogP contribution is 2.29. The summed E-state index contributed by atoms with van der Waals surface area (Å²) in [6.07, 6.45) is 4.15. The summed E-state index contributed by atoms with van der Waals surface area (Å²) in [4.78, 5) is 13.0. The number of rotatable bonds is 5. The van der Waals surface area contributed by atoms with Crippen LogP contribution in [0.3, 0.4) is 0 Å². The molecule has 5 nitrogen and oxygen atoms in total. The Morgan fingerprint density at radius 3 is 2.04 bits per heavy atom. The fourth-order valence-electron chi connectivity index (χ4n) is 4.83. The predicted octanol–water partition coefficient (Wildman–Crippen LogP) is 2.56. The largest absolute Gasteiger partial charge is 0.353 e. The lowest BCUT2D eigenvalue weighted by atomic mass is 9.79. The maximum absolute atomic E-state index is 13.0. The van der Waals surface area contributed by atoms with Crippen LogP contribution in [0, 0.1) is 5.41 Å². The van der Waals surface area contributed by atoms with Gasteiger partial charge < -0.3 is 21.3 Å². The Bertz CT molecular complexity index is 494. The number of hydrogen-bond donors (Lipinski definition) is 4. The fourth-order valence-corrected chi connectivity index (χ4v) is 4.83. The van der Waals surface area contributed by atoms with Crippen LogP contribution in [-0.4, -0.2) is 47.7 Å². The van der Waals surface area contributed by atoms with Crippen molar-refractivity contribution in [1.82, 2.24) is 21.3 Å². The second kappa shape index (κ2) is 7.40. The maximum Gasteiger partial charge on any atom is 0.227 e. The van der Waals surface area contributed by atoms with Crippen LogP contribution in [0.2, 0.25) is 0 Å². The molecule has 2 saturated heterocycles. The average molecular weight is 367 g/mol. The SMILES string of the molecule is CC1(C)CC(NCC(C)(C)C(=O)NC2CC(C)(C)NC(C)(C)C2)CCN1. The smallest absolute Gasteiger partial charge is 0.227 e. The van der Waals surface area contributed by atoms with Crippen LogP contribution in [-0.2, 0) is 4.79 Å². The van der Waals surface area contributed by atoms with Crippen LogP contribution >= 0.6 is 0 Å². The van der Waals surface area contributed by atoms with E-state index in [2.05, 4.69) is 76.7 Å². The zero-order valence-electron chi connectivity index (χ0n) is 18.3. The van der Waals surface area contributed by atoms with Gasteiger partial charge in [-0.15, -0.1) is 0 Å². The van der Waals surface area contributed by atoms with E-state index in [0.717, 1.165) is 38.8 Å². The maximum atomic E-state index is 13.0. The van der Waals surface area contributed by atoms with Crippen molar-refractivity contribution in [3.63, 3.8) is 0 Å². The molecule has 0 aromatic heterocycles. The van der Waals surface area contributed by atoms with Crippen LogP contribution < -0.4 is 21.3 Å². The minimum Gasteiger partial charge on any atom is -0.353 e. The van der Waals surface area contributed by atoms with E-state index in [1.165, 1.54) is 0 Å². The molecule has 1 atom stereocenters. The monoisotopic (exact) mass is 366 g/mol. The van der Waals surface area contributed by atoms with Crippen molar-refractivity contribution >= 4 is 5.91 Å². The molecule has 1 amide bonds. The molecule has 4 N–H and O–H groups in total. The van der Waals surface area contributed by atoms with Gasteiger partial charge >= 0.3 is 0 Å². The van der Waals surface area contributed by atoms with E-state index < -0.39 is 5.41 Å². The number of carbonyl (C=O) groups is 1. The molecule has 0 saturated carbocycles. The van der Waals surface area contributed by atoms with Crippen LogP contribution in [0.15, 0.2) is 0 Å². The van der Waals surface area contributed by atoms with Crippen molar-refractivity contribution in [1.29, 1.82) is 0 Å². The van der Waals surface area contributed by atoms with Crippen molar-refractivity contribution < 1.29 is 4.79 Å². The van der Waals surface area contributed by atoms with Crippen molar-refractivity contribution in [2.75, 3.05) is 13.1 Å². The third kappa shape index (κ3) is 6.21. The first kappa shape index (κ1) is 21.6. The summed E-state index contributed by atoms with van der Waals surface area (Å²) in [6.45, 7) is 19.2. The molecule has 2 rings (SSSR count). The highest BCUT2D eigenvalue weighted by atomic mass is 16.2. The van der Waals surface area contributed by atoms with Gasteiger partial charge in [0, 0.05) is 35.2 Å². The molecule has 152 valence electrons. The molecule has 0 aromatic rings. The Kier molecular flexibility index (Phi) is 6.16. The van der Waals surface area contributed by atoms with Gasteiger partial charge in [-0.3, -0.25) is 4.79 Å². The lowest BCUT2D eigenvalue weighted by molar-refractivity contribution is -0.130. The van der Waals surface area contributed by atoms with Gasteiger partial charge in [-0.2, -0.15) is 0 Å². The molecule has 26 heavy (non-hydrogen) atoms. The molecule has 2 aliphatic rings. The van der Waals surface area contributed by atoms with Gasteiger partial charge in [0.15, 0.2) is 0 Å². The highest BCUT2D eigenvalue weighted by Gasteiger charge is 2.40.